The standard InChI is InChI=1S/C12H19N3O3/c13-10-8-9(12(14)17)2-3-11(10)15-4-1-6-18-7-5-16/h2-3,8,15-16H,1,4-7,13H2,(H2,14,17). The van der Waals surface area contributed by atoms with Gasteiger partial charge in [0.2, 0.25) is 5.91 Å². The Morgan fingerprint density at radius 1 is 1.39 bits per heavy atom. The van der Waals surface area contributed by atoms with Crippen molar-refractivity contribution in [3.63, 3.8) is 0 Å². The van der Waals surface area contributed by atoms with E-state index in [1.807, 2.05) is 0 Å². The van der Waals surface area contributed by atoms with Crippen LogP contribution in [0.25, 0.3) is 0 Å². The summed E-state index contributed by atoms with van der Waals surface area (Å²) in [5, 5.41) is 11.6. The molecule has 0 spiro atoms. The van der Waals surface area contributed by atoms with Gasteiger partial charge in [-0.3, -0.25) is 4.79 Å². The Balaban J connectivity index is 2.36. The number of ether oxygens (including phenoxy) is 1. The highest BCUT2D eigenvalue weighted by Gasteiger charge is 2.04. The van der Waals surface area contributed by atoms with Crippen LogP contribution >= 0.6 is 0 Å². The Morgan fingerprint density at radius 3 is 2.78 bits per heavy atom. The number of nitrogens with two attached hydrogens (primary N) is 2. The maximum absolute atomic E-state index is 10.9. The highest BCUT2D eigenvalue weighted by atomic mass is 16.5. The van der Waals surface area contributed by atoms with Crippen molar-refractivity contribution in [3.8, 4) is 0 Å². The predicted molar refractivity (Wildman–Crippen MR) is 70.4 cm³/mol. The number of nitrogens with one attached hydrogen (secondary N) is 1. The number of aliphatic hydroxyl groups is 1. The molecule has 0 radical (unpaired) electrons. The minimum absolute atomic E-state index is 0.0367. The lowest BCUT2D eigenvalue weighted by atomic mass is 10.1. The fraction of sp³-hybridized carbons (Fsp3) is 0.417. The van der Waals surface area contributed by atoms with Crippen molar-refractivity contribution in [2.24, 2.45) is 5.73 Å². The number of primary amides is 1. The lowest BCUT2D eigenvalue weighted by molar-refractivity contribution is 0.0922. The zero-order valence-electron chi connectivity index (χ0n) is 10.2. The van der Waals surface area contributed by atoms with Crippen molar-refractivity contribution >= 4 is 17.3 Å². The minimum atomic E-state index is -0.495. The van der Waals surface area contributed by atoms with E-state index in [1.165, 1.54) is 0 Å². The summed E-state index contributed by atoms with van der Waals surface area (Å²) in [5.74, 6) is -0.495. The maximum atomic E-state index is 10.9. The van der Waals surface area contributed by atoms with Gasteiger partial charge >= 0.3 is 0 Å². The lowest BCUT2D eigenvalue weighted by Gasteiger charge is -2.10. The van der Waals surface area contributed by atoms with Crippen molar-refractivity contribution < 1.29 is 14.6 Å². The van der Waals surface area contributed by atoms with Crippen LogP contribution in [0.2, 0.25) is 0 Å². The number of anilines is 2. The van der Waals surface area contributed by atoms with E-state index in [0.29, 0.717) is 31.0 Å². The van der Waals surface area contributed by atoms with E-state index in [0.717, 1.165) is 12.1 Å². The molecule has 0 saturated heterocycles. The van der Waals surface area contributed by atoms with Crippen molar-refractivity contribution in [1.82, 2.24) is 0 Å². The van der Waals surface area contributed by atoms with E-state index in [1.54, 1.807) is 18.2 Å². The van der Waals surface area contributed by atoms with Crippen LogP contribution in [-0.2, 0) is 4.74 Å². The molecular weight excluding hydrogens is 234 g/mol. The van der Waals surface area contributed by atoms with Gasteiger partial charge < -0.3 is 26.6 Å². The molecule has 1 rings (SSSR count). The number of amides is 1. The van der Waals surface area contributed by atoms with Crippen LogP contribution in [0.5, 0.6) is 0 Å². The van der Waals surface area contributed by atoms with Crippen LogP contribution in [0, 0.1) is 0 Å². The monoisotopic (exact) mass is 253 g/mol. The second kappa shape index (κ2) is 7.52. The van der Waals surface area contributed by atoms with Gasteiger partial charge in [-0.15, -0.1) is 0 Å². The van der Waals surface area contributed by atoms with Crippen LogP contribution < -0.4 is 16.8 Å². The highest BCUT2D eigenvalue weighted by Crippen LogP contribution is 2.19. The summed E-state index contributed by atoms with van der Waals surface area (Å²) in [5.41, 5.74) is 12.6. The fourth-order valence-electron chi connectivity index (χ4n) is 1.44. The molecule has 6 nitrogen and oxygen atoms in total. The molecule has 0 aromatic heterocycles. The summed E-state index contributed by atoms with van der Waals surface area (Å²) in [7, 11) is 0. The number of hydrogen-bond acceptors (Lipinski definition) is 5. The van der Waals surface area contributed by atoms with Gasteiger partial charge in [0.25, 0.3) is 0 Å². The number of nitrogen functional groups attached to an aromatic ring is 1. The SMILES string of the molecule is NC(=O)c1ccc(NCCCOCCO)c(N)c1. The fourth-order valence-corrected chi connectivity index (χ4v) is 1.44. The first kappa shape index (κ1) is 14.3. The van der Waals surface area contributed by atoms with Crippen molar-refractivity contribution in [1.29, 1.82) is 0 Å². The molecule has 0 bridgehead atoms. The first-order chi connectivity index (χ1) is 8.65. The maximum Gasteiger partial charge on any atom is 0.248 e. The predicted octanol–water partition coefficient (Wildman–Crippen LogP) is 0.179. The molecule has 0 atom stereocenters. The van der Waals surface area contributed by atoms with E-state index >= 15 is 0 Å². The third-order valence-electron chi connectivity index (χ3n) is 2.35. The smallest absolute Gasteiger partial charge is 0.248 e. The third-order valence-corrected chi connectivity index (χ3v) is 2.35. The van der Waals surface area contributed by atoms with Crippen molar-refractivity contribution in [2.75, 3.05) is 37.4 Å². The Kier molecular flexibility index (Phi) is 5.96. The number of rotatable bonds is 8. The van der Waals surface area contributed by atoms with Gasteiger partial charge in [-0.1, -0.05) is 0 Å². The molecule has 0 aliphatic rings. The van der Waals surface area contributed by atoms with E-state index < -0.39 is 5.91 Å². The average Bonchev–Trinajstić information content (AvgIpc) is 2.35. The van der Waals surface area contributed by atoms with Crippen LogP contribution in [0.4, 0.5) is 11.4 Å². The van der Waals surface area contributed by atoms with Gasteiger partial charge in [-0.2, -0.15) is 0 Å². The number of carbonyl (C=O) groups excluding carboxylic acids is 1. The molecule has 6 heteroatoms. The first-order valence-electron chi connectivity index (χ1n) is 5.77. The molecular formula is C12H19N3O3. The van der Waals surface area contributed by atoms with Gasteiger partial charge in [-0.25, -0.2) is 0 Å². The van der Waals surface area contributed by atoms with E-state index in [2.05, 4.69) is 5.32 Å². The zero-order valence-corrected chi connectivity index (χ0v) is 10.2. The topological polar surface area (TPSA) is 111 Å². The minimum Gasteiger partial charge on any atom is -0.397 e. The van der Waals surface area contributed by atoms with E-state index in [-0.39, 0.29) is 6.61 Å². The van der Waals surface area contributed by atoms with E-state index in [4.69, 9.17) is 21.3 Å². The largest absolute Gasteiger partial charge is 0.397 e. The van der Waals surface area contributed by atoms with Gasteiger partial charge in [-0.05, 0) is 24.6 Å². The second-order valence-corrected chi connectivity index (χ2v) is 3.78. The Bertz CT molecular complexity index is 396. The number of benzene rings is 1. The molecule has 1 aromatic carbocycles. The Hall–Kier alpha value is -1.79. The van der Waals surface area contributed by atoms with Crippen LogP contribution in [0.1, 0.15) is 16.8 Å². The van der Waals surface area contributed by atoms with Gasteiger partial charge in [0.15, 0.2) is 0 Å². The molecule has 18 heavy (non-hydrogen) atoms. The normalized spacial score (nSPS) is 10.3. The summed E-state index contributed by atoms with van der Waals surface area (Å²) >= 11 is 0. The summed E-state index contributed by atoms with van der Waals surface area (Å²) in [6.07, 6.45) is 0.803. The van der Waals surface area contributed by atoms with Crippen LogP contribution in [-0.4, -0.2) is 37.4 Å². The summed E-state index contributed by atoms with van der Waals surface area (Å²) in [4.78, 5) is 10.9. The molecule has 0 saturated carbocycles. The summed E-state index contributed by atoms with van der Waals surface area (Å²) in [6.45, 7) is 1.67. The zero-order chi connectivity index (χ0) is 13.4. The van der Waals surface area contributed by atoms with Crippen molar-refractivity contribution in [2.45, 2.75) is 6.42 Å². The van der Waals surface area contributed by atoms with Crippen molar-refractivity contribution in [3.05, 3.63) is 23.8 Å². The molecule has 1 amide bonds. The van der Waals surface area contributed by atoms with Gasteiger partial charge in [0.1, 0.15) is 0 Å². The summed E-state index contributed by atoms with van der Waals surface area (Å²) in [6, 6.07) is 4.90. The van der Waals surface area contributed by atoms with Crippen LogP contribution in [0.15, 0.2) is 18.2 Å². The first-order valence-corrected chi connectivity index (χ1v) is 5.77. The summed E-state index contributed by atoms with van der Waals surface area (Å²) < 4.78 is 5.12. The second-order valence-electron chi connectivity index (χ2n) is 3.78. The number of aliphatic hydroxyl groups excluding tert-OH is 1. The number of carbonyl (C=O) groups is 1. The molecule has 0 fully saturated rings. The van der Waals surface area contributed by atoms with E-state index in [9.17, 15) is 4.79 Å². The average molecular weight is 253 g/mol. The quantitative estimate of drug-likeness (QED) is 0.390. The Morgan fingerprint density at radius 2 is 2.17 bits per heavy atom. The number of hydrogen-bond donors (Lipinski definition) is 4. The molecule has 0 unspecified atom stereocenters. The molecule has 6 N–H and O–H groups in total. The Labute approximate surface area is 106 Å². The lowest BCUT2D eigenvalue weighted by Crippen LogP contribution is -2.12. The molecule has 100 valence electrons. The molecule has 0 aliphatic heterocycles. The third kappa shape index (κ3) is 4.60. The molecule has 0 aliphatic carbocycles. The van der Waals surface area contributed by atoms with Crippen LogP contribution in [0.3, 0.4) is 0 Å². The highest BCUT2D eigenvalue weighted by molar-refractivity contribution is 5.94. The molecule has 1 aromatic rings. The van der Waals surface area contributed by atoms with Gasteiger partial charge in [0, 0.05) is 18.7 Å². The molecule has 0 heterocycles. The van der Waals surface area contributed by atoms with Gasteiger partial charge in [0.05, 0.1) is 24.6 Å².